The van der Waals surface area contributed by atoms with E-state index in [-0.39, 0.29) is 0 Å². The summed E-state index contributed by atoms with van der Waals surface area (Å²) >= 11 is 1.81. The molecule has 1 heteroatoms. The summed E-state index contributed by atoms with van der Waals surface area (Å²) in [5.41, 5.74) is 2.87. The van der Waals surface area contributed by atoms with Crippen molar-refractivity contribution in [3.8, 4) is 0 Å². The Morgan fingerprint density at radius 3 is 2.91 bits per heavy atom. The average Bonchev–Trinajstić information content (AvgIpc) is 2.55. The van der Waals surface area contributed by atoms with E-state index in [0.29, 0.717) is 0 Å². The van der Waals surface area contributed by atoms with E-state index in [2.05, 4.69) is 36.6 Å². The van der Waals surface area contributed by atoms with E-state index in [1.807, 2.05) is 11.3 Å². The summed E-state index contributed by atoms with van der Waals surface area (Å²) in [5.74, 6) is 0. The summed E-state index contributed by atoms with van der Waals surface area (Å²) in [6, 6.07) is 4.27. The molecule has 0 unspecified atom stereocenters. The lowest BCUT2D eigenvalue weighted by molar-refractivity contribution is 1.25. The third kappa shape index (κ3) is 1.29. The van der Waals surface area contributed by atoms with Gasteiger partial charge in [0.1, 0.15) is 0 Å². The Labute approximate surface area is 70.9 Å². The third-order valence-corrected chi connectivity index (χ3v) is 2.77. The Morgan fingerprint density at radius 2 is 2.36 bits per heavy atom. The molecule has 1 aliphatic carbocycles. The maximum absolute atomic E-state index is 2.29. The van der Waals surface area contributed by atoms with Gasteiger partial charge in [0.05, 0.1) is 0 Å². The molecule has 0 spiro atoms. The van der Waals surface area contributed by atoms with Crippen molar-refractivity contribution in [3.63, 3.8) is 0 Å². The van der Waals surface area contributed by atoms with Gasteiger partial charge in [-0.25, -0.2) is 0 Å². The van der Waals surface area contributed by atoms with E-state index in [0.717, 1.165) is 6.42 Å². The minimum absolute atomic E-state index is 1.13. The van der Waals surface area contributed by atoms with Crippen molar-refractivity contribution in [2.75, 3.05) is 0 Å². The van der Waals surface area contributed by atoms with Crippen molar-refractivity contribution in [2.45, 2.75) is 13.3 Å². The monoisotopic (exact) mass is 162 g/mol. The van der Waals surface area contributed by atoms with Crippen molar-refractivity contribution in [2.24, 2.45) is 0 Å². The van der Waals surface area contributed by atoms with E-state index < -0.39 is 0 Å². The Morgan fingerprint density at radius 1 is 1.45 bits per heavy atom. The van der Waals surface area contributed by atoms with Crippen LogP contribution in [0.2, 0.25) is 0 Å². The highest BCUT2D eigenvalue weighted by molar-refractivity contribution is 7.11. The smallest absolute Gasteiger partial charge is 0.0339 e. The fourth-order valence-corrected chi connectivity index (χ4v) is 2.01. The summed E-state index contributed by atoms with van der Waals surface area (Å²) < 4.78 is 0. The van der Waals surface area contributed by atoms with Gasteiger partial charge in [0.15, 0.2) is 0 Å². The molecule has 56 valence electrons. The molecule has 0 nitrogen and oxygen atoms in total. The first-order chi connectivity index (χ1) is 5.36. The highest BCUT2D eigenvalue weighted by atomic mass is 32.1. The molecule has 0 aromatic carbocycles. The molecule has 1 aromatic rings. The lowest BCUT2D eigenvalue weighted by Crippen LogP contribution is -1.67. The number of hydrogen-bond donors (Lipinski definition) is 0. The summed E-state index contributed by atoms with van der Waals surface area (Å²) in [4.78, 5) is 1.39. The lowest BCUT2D eigenvalue weighted by atomic mass is 10.2. The Bertz CT molecular complexity index is 302. The molecule has 0 atom stereocenters. The highest BCUT2D eigenvalue weighted by Gasteiger charge is 2.04. The van der Waals surface area contributed by atoms with Crippen molar-refractivity contribution in [1.29, 1.82) is 0 Å². The minimum Gasteiger partial charge on any atom is -0.144 e. The first-order valence-corrected chi connectivity index (χ1v) is 4.65. The standard InChI is InChI=1S/C10H10S/c1-8-4-5-9(7-8)10-3-2-6-11-10/h2-3,5-7H,4H2,1H3. The van der Waals surface area contributed by atoms with Gasteiger partial charge < -0.3 is 0 Å². The van der Waals surface area contributed by atoms with E-state index in [1.54, 1.807) is 0 Å². The molecule has 1 aromatic heterocycles. The SMILES string of the molecule is CC1=CC(c2cccs2)=CC1. The molecule has 0 saturated carbocycles. The first kappa shape index (κ1) is 6.86. The molecular weight excluding hydrogens is 152 g/mol. The molecule has 0 radical (unpaired) electrons. The number of thiophene rings is 1. The molecule has 2 rings (SSSR count). The average molecular weight is 162 g/mol. The van der Waals surface area contributed by atoms with Gasteiger partial charge in [-0.3, -0.25) is 0 Å². The summed E-state index contributed by atoms with van der Waals surface area (Å²) in [6.07, 6.45) is 5.69. The predicted molar refractivity (Wildman–Crippen MR) is 50.7 cm³/mol. The zero-order valence-corrected chi connectivity index (χ0v) is 7.32. The third-order valence-electron chi connectivity index (χ3n) is 1.85. The van der Waals surface area contributed by atoms with Gasteiger partial charge in [0, 0.05) is 4.88 Å². The number of allylic oxidation sites excluding steroid dienone is 4. The van der Waals surface area contributed by atoms with E-state index in [4.69, 9.17) is 0 Å². The van der Waals surface area contributed by atoms with Crippen LogP contribution < -0.4 is 0 Å². The molecule has 11 heavy (non-hydrogen) atoms. The zero-order chi connectivity index (χ0) is 7.68. The molecule has 0 amide bonds. The van der Waals surface area contributed by atoms with E-state index >= 15 is 0 Å². The van der Waals surface area contributed by atoms with Crippen molar-refractivity contribution < 1.29 is 0 Å². The topological polar surface area (TPSA) is 0 Å². The molecule has 0 fully saturated rings. The van der Waals surface area contributed by atoms with Gasteiger partial charge in [-0.1, -0.05) is 23.8 Å². The van der Waals surface area contributed by atoms with Gasteiger partial charge in [0.2, 0.25) is 0 Å². The Hall–Kier alpha value is -0.820. The van der Waals surface area contributed by atoms with Gasteiger partial charge in [0.25, 0.3) is 0 Å². The van der Waals surface area contributed by atoms with Gasteiger partial charge in [-0.2, -0.15) is 0 Å². The van der Waals surface area contributed by atoms with Crippen LogP contribution in [0.25, 0.3) is 5.57 Å². The Balaban J connectivity index is 2.32. The Kier molecular flexibility index (Phi) is 1.66. The predicted octanol–water partition coefficient (Wildman–Crippen LogP) is 3.48. The number of hydrogen-bond acceptors (Lipinski definition) is 1. The summed E-state index contributed by atoms with van der Waals surface area (Å²) in [6.45, 7) is 2.18. The van der Waals surface area contributed by atoms with Crippen LogP contribution in [0, 0.1) is 0 Å². The van der Waals surface area contributed by atoms with Gasteiger partial charge in [-0.05, 0) is 30.4 Å². The van der Waals surface area contributed by atoms with Crippen LogP contribution in [-0.2, 0) is 0 Å². The van der Waals surface area contributed by atoms with E-state index in [1.165, 1.54) is 16.0 Å². The van der Waals surface area contributed by atoms with Crippen LogP contribution in [0.5, 0.6) is 0 Å². The quantitative estimate of drug-likeness (QED) is 0.593. The molecular formula is C10H10S. The van der Waals surface area contributed by atoms with Crippen LogP contribution in [0.1, 0.15) is 18.2 Å². The van der Waals surface area contributed by atoms with Gasteiger partial charge >= 0.3 is 0 Å². The van der Waals surface area contributed by atoms with Crippen LogP contribution >= 0.6 is 11.3 Å². The summed E-state index contributed by atoms with van der Waals surface area (Å²) in [5, 5.41) is 2.12. The molecule has 0 saturated heterocycles. The first-order valence-electron chi connectivity index (χ1n) is 3.77. The highest BCUT2D eigenvalue weighted by Crippen LogP contribution is 2.28. The van der Waals surface area contributed by atoms with Crippen LogP contribution in [0.4, 0.5) is 0 Å². The molecule has 0 bridgehead atoms. The van der Waals surface area contributed by atoms with Crippen molar-refractivity contribution in [3.05, 3.63) is 40.1 Å². The number of rotatable bonds is 1. The van der Waals surface area contributed by atoms with Crippen LogP contribution in [0.3, 0.4) is 0 Å². The molecule has 1 heterocycles. The maximum atomic E-state index is 2.29. The second kappa shape index (κ2) is 2.67. The largest absolute Gasteiger partial charge is 0.144 e. The van der Waals surface area contributed by atoms with Crippen molar-refractivity contribution >= 4 is 16.9 Å². The fraction of sp³-hybridized carbons (Fsp3) is 0.200. The fourth-order valence-electron chi connectivity index (χ4n) is 1.27. The second-order valence-corrected chi connectivity index (χ2v) is 3.78. The lowest BCUT2D eigenvalue weighted by Gasteiger charge is -1.90. The minimum atomic E-state index is 1.13. The van der Waals surface area contributed by atoms with Gasteiger partial charge in [-0.15, -0.1) is 11.3 Å². The molecule has 0 N–H and O–H groups in total. The normalized spacial score (nSPS) is 16.5. The van der Waals surface area contributed by atoms with Crippen molar-refractivity contribution in [1.82, 2.24) is 0 Å². The maximum Gasteiger partial charge on any atom is 0.0339 e. The van der Waals surface area contributed by atoms with Crippen LogP contribution in [0.15, 0.2) is 35.2 Å². The molecule has 1 aliphatic rings. The van der Waals surface area contributed by atoms with Crippen LogP contribution in [-0.4, -0.2) is 0 Å². The summed E-state index contributed by atoms with van der Waals surface area (Å²) in [7, 11) is 0. The second-order valence-electron chi connectivity index (χ2n) is 2.83. The molecule has 0 aliphatic heterocycles. The zero-order valence-electron chi connectivity index (χ0n) is 6.50. The van der Waals surface area contributed by atoms with E-state index in [9.17, 15) is 0 Å².